The Kier molecular flexibility index (Phi) is 8.50. The molecule has 0 bridgehead atoms. The number of hydrogen-bond acceptors (Lipinski definition) is 4. The van der Waals surface area contributed by atoms with Crippen molar-refractivity contribution in [3.8, 4) is 0 Å². The van der Waals surface area contributed by atoms with Gasteiger partial charge in [0.25, 0.3) is 15.9 Å². The fourth-order valence-corrected chi connectivity index (χ4v) is 7.01. The minimum absolute atomic E-state index is 0.0251. The first-order valence-electron chi connectivity index (χ1n) is 11.6. The van der Waals surface area contributed by atoms with Crippen LogP contribution in [0.15, 0.2) is 76.1 Å². The van der Waals surface area contributed by atoms with E-state index in [-0.39, 0.29) is 39.0 Å². The van der Waals surface area contributed by atoms with Crippen LogP contribution in [0.25, 0.3) is 0 Å². The van der Waals surface area contributed by atoms with E-state index in [1.807, 2.05) is 30.3 Å². The van der Waals surface area contributed by atoms with Gasteiger partial charge in [-0.05, 0) is 62.2 Å². The van der Waals surface area contributed by atoms with Gasteiger partial charge in [0.05, 0.1) is 21.3 Å². The van der Waals surface area contributed by atoms with Gasteiger partial charge >= 0.3 is 0 Å². The summed E-state index contributed by atoms with van der Waals surface area (Å²) in [5, 5.41) is 3.61. The summed E-state index contributed by atoms with van der Waals surface area (Å²) in [6.45, 7) is 2.99. The Morgan fingerprint density at radius 3 is 2.36 bits per heavy atom. The lowest BCUT2D eigenvalue weighted by atomic mass is 10.0. The molecule has 0 radical (unpaired) electrons. The van der Waals surface area contributed by atoms with Gasteiger partial charge in [-0.3, -0.25) is 9.10 Å². The lowest BCUT2D eigenvalue weighted by molar-refractivity contribution is 0.0718. The van der Waals surface area contributed by atoms with Gasteiger partial charge in [-0.15, -0.1) is 0 Å². The number of para-hydroxylation sites is 1. The minimum atomic E-state index is -4.03. The number of nitrogens with one attached hydrogen (secondary N) is 1. The van der Waals surface area contributed by atoms with Gasteiger partial charge in [0.1, 0.15) is 4.90 Å². The Bertz CT molecular complexity index is 1350. The molecule has 36 heavy (non-hydrogen) atoms. The number of rotatable bonds is 7. The molecular weight excluding hydrogens is 585 g/mol. The van der Waals surface area contributed by atoms with Crippen LogP contribution in [-0.2, 0) is 10.0 Å². The highest BCUT2D eigenvalue weighted by Gasteiger charge is 2.30. The first kappa shape index (κ1) is 26.8. The second-order valence-corrected chi connectivity index (χ2v) is 12.0. The van der Waals surface area contributed by atoms with Gasteiger partial charge in [0.15, 0.2) is 0 Å². The predicted octanol–water partition coefficient (Wildman–Crippen LogP) is 6.69. The smallest absolute Gasteiger partial charge is 0.265 e. The number of amides is 1. The third-order valence-electron chi connectivity index (χ3n) is 6.13. The molecule has 0 aromatic heterocycles. The zero-order valence-electron chi connectivity index (χ0n) is 19.6. The highest BCUT2D eigenvalue weighted by Crippen LogP contribution is 2.33. The number of carbonyl (C=O) groups excluding carboxylic acids is 1. The summed E-state index contributed by atoms with van der Waals surface area (Å²) in [4.78, 5) is 15.0. The largest absolute Gasteiger partial charge is 0.382 e. The maximum Gasteiger partial charge on any atom is 0.265 e. The lowest BCUT2D eigenvalue weighted by Crippen LogP contribution is -2.42. The Morgan fingerprint density at radius 1 is 1.03 bits per heavy atom. The van der Waals surface area contributed by atoms with Crippen molar-refractivity contribution in [1.82, 2.24) is 4.90 Å². The lowest BCUT2D eigenvalue weighted by Gasteiger charge is -2.33. The maximum atomic E-state index is 13.5. The Balaban J connectivity index is 1.53. The molecule has 1 saturated heterocycles. The van der Waals surface area contributed by atoms with Gasteiger partial charge < -0.3 is 10.2 Å². The second kappa shape index (κ2) is 11.4. The van der Waals surface area contributed by atoms with Gasteiger partial charge in [0.2, 0.25) is 0 Å². The third kappa shape index (κ3) is 5.83. The zero-order chi connectivity index (χ0) is 25.9. The van der Waals surface area contributed by atoms with Crippen LogP contribution in [0.3, 0.4) is 0 Å². The number of benzene rings is 3. The van der Waals surface area contributed by atoms with Gasteiger partial charge in [-0.2, -0.15) is 0 Å². The Morgan fingerprint density at radius 2 is 1.72 bits per heavy atom. The average molecular weight is 611 g/mol. The summed E-state index contributed by atoms with van der Waals surface area (Å²) in [6, 6.07) is 19.6. The monoisotopic (exact) mass is 609 g/mol. The summed E-state index contributed by atoms with van der Waals surface area (Å²) in [5.41, 5.74) is 1.66. The fraction of sp³-hybridized carbons (Fsp3) is 0.269. The number of halogens is 3. The molecule has 1 N–H and O–H groups in total. The van der Waals surface area contributed by atoms with Crippen molar-refractivity contribution < 1.29 is 13.2 Å². The van der Waals surface area contributed by atoms with Crippen molar-refractivity contribution in [3.05, 3.63) is 86.8 Å². The molecule has 0 saturated carbocycles. The molecule has 1 heterocycles. The van der Waals surface area contributed by atoms with Crippen LogP contribution in [-0.4, -0.2) is 44.9 Å². The van der Waals surface area contributed by atoms with Crippen LogP contribution < -0.4 is 9.62 Å². The van der Waals surface area contributed by atoms with E-state index in [1.54, 1.807) is 36.1 Å². The normalized spacial score (nSPS) is 14.5. The van der Waals surface area contributed by atoms with Crippen LogP contribution in [0.1, 0.15) is 30.1 Å². The molecule has 1 amide bonds. The molecule has 3 aromatic rings. The summed E-state index contributed by atoms with van der Waals surface area (Å²) in [5.74, 6) is -0.309. The fourth-order valence-electron chi connectivity index (χ4n) is 4.31. The topological polar surface area (TPSA) is 69.7 Å². The number of likely N-dealkylation sites (tertiary alicyclic amines) is 1. The molecule has 6 nitrogen and oxygen atoms in total. The highest BCUT2D eigenvalue weighted by molar-refractivity contribution is 9.10. The molecule has 3 aromatic carbocycles. The van der Waals surface area contributed by atoms with E-state index in [4.69, 9.17) is 23.2 Å². The molecule has 0 atom stereocenters. The van der Waals surface area contributed by atoms with E-state index in [2.05, 4.69) is 21.2 Å². The molecule has 0 spiro atoms. The molecular formula is C26H26BrCl2N3O3S. The summed E-state index contributed by atoms with van der Waals surface area (Å²) >= 11 is 16.2. The van der Waals surface area contributed by atoms with Gasteiger partial charge in [-0.25, -0.2) is 8.42 Å². The van der Waals surface area contributed by atoms with E-state index in [1.165, 1.54) is 16.4 Å². The van der Waals surface area contributed by atoms with E-state index >= 15 is 0 Å². The maximum absolute atomic E-state index is 13.5. The van der Waals surface area contributed by atoms with Crippen molar-refractivity contribution in [2.24, 2.45) is 0 Å². The Hall–Kier alpha value is -2.26. The van der Waals surface area contributed by atoms with Crippen molar-refractivity contribution in [2.45, 2.75) is 30.7 Å². The van der Waals surface area contributed by atoms with E-state index in [9.17, 15) is 13.2 Å². The van der Waals surface area contributed by atoms with E-state index in [0.29, 0.717) is 18.8 Å². The number of nitrogens with zero attached hydrogens (tertiary/aromatic N) is 2. The molecule has 0 unspecified atom stereocenters. The molecule has 0 aliphatic carbocycles. The first-order chi connectivity index (χ1) is 17.2. The number of carbonyl (C=O) groups is 1. The van der Waals surface area contributed by atoms with Crippen LogP contribution >= 0.6 is 39.1 Å². The number of sulfonamides is 1. The summed E-state index contributed by atoms with van der Waals surface area (Å²) in [6.07, 6.45) is 1.51. The molecule has 1 fully saturated rings. The second-order valence-electron chi connectivity index (χ2n) is 8.49. The van der Waals surface area contributed by atoms with Gasteiger partial charge in [0, 0.05) is 35.8 Å². The molecule has 190 valence electrons. The van der Waals surface area contributed by atoms with Crippen molar-refractivity contribution >= 4 is 66.4 Å². The molecule has 10 heteroatoms. The standard InChI is InChI=1S/C26H26BrCl2N3O3S/c1-2-32(21-9-4-3-5-10-21)36(34,35)25-16-22(23(28)17-24(25)29)26(33)31-13-11-19(12-14-31)30-20-8-6-7-18(27)15-20/h3-10,15-17,19,30H,2,11-14H2,1H3. The van der Waals surface area contributed by atoms with Gasteiger partial charge in [-0.1, -0.05) is 63.4 Å². The first-order valence-corrected chi connectivity index (χ1v) is 14.6. The SMILES string of the molecule is CCN(c1ccccc1)S(=O)(=O)c1cc(C(=O)N2CCC(Nc3cccc(Br)c3)CC2)c(Cl)cc1Cl. The van der Waals surface area contributed by atoms with Crippen molar-refractivity contribution in [3.63, 3.8) is 0 Å². The quantitative estimate of drug-likeness (QED) is 0.324. The number of hydrogen-bond donors (Lipinski definition) is 1. The van der Waals surface area contributed by atoms with Crippen molar-refractivity contribution in [2.75, 3.05) is 29.3 Å². The molecule has 4 rings (SSSR count). The molecule has 1 aliphatic heterocycles. The molecule has 1 aliphatic rings. The van der Waals surface area contributed by atoms with Crippen molar-refractivity contribution in [1.29, 1.82) is 0 Å². The number of piperidine rings is 1. The van der Waals surface area contributed by atoms with Crippen LogP contribution in [0, 0.1) is 0 Å². The minimum Gasteiger partial charge on any atom is -0.382 e. The summed E-state index contributed by atoms with van der Waals surface area (Å²) in [7, 11) is -4.03. The third-order valence-corrected chi connectivity index (χ3v) is 9.30. The summed E-state index contributed by atoms with van der Waals surface area (Å²) < 4.78 is 29.4. The van der Waals surface area contributed by atoms with E-state index in [0.717, 1.165) is 23.0 Å². The van der Waals surface area contributed by atoms with E-state index < -0.39 is 10.0 Å². The average Bonchev–Trinajstić information content (AvgIpc) is 2.85. The van der Waals surface area contributed by atoms with Crippen LogP contribution in [0.2, 0.25) is 10.0 Å². The highest BCUT2D eigenvalue weighted by atomic mass is 79.9. The predicted molar refractivity (Wildman–Crippen MR) is 150 cm³/mol. The Labute approximate surface area is 230 Å². The number of anilines is 2. The van der Waals surface area contributed by atoms with Crippen LogP contribution in [0.4, 0.5) is 11.4 Å². The van der Waals surface area contributed by atoms with Crippen LogP contribution in [0.5, 0.6) is 0 Å². The zero-order valence-corrected chi connectivity index (χ0v) is 23.5.